The molecule has 1 aliphatic heterocycles. The number of amides is 2. The van der Waals surface area contributed by atoms with E-state index in [1.807, 2.05) is 0 Å². The van der Waals surface area contributed by atoms with Gasteiger partial charge in [0.2, 0.25) is 21.8 Å². The number of hydrogen-bond acceptors (Lipinski definition) is 5. The largest absolute Gasteiger partial charge is 0.497 e. The Hall–Kier alpha value is -3.07. The van der Waals surface area contributed by atoms with E-state index in [9.17, 15) is 18.0 Å². The molecule has 0 unspecified atom stereocenters. The van der Waals surface area contributed by atoms with E-state index in [4.69, 9.17) is 4.74 Å². The summed E-state index contributed by atoms with van der Waals surface area (Å²) < 4.78 is 30.6. The second kappa shape index (κ2) is 8.52. The number of nitrogens with one attached hydrogen (secondary N) is 1. The molecule has 1 heterocycles. The molecule has 0 atom stereocenters. The molecule has 0 aliphatic carbocycles. The zero-order valence-electron chi connectivity index (χ0n) is 16.3. The van der Waals surface area contributed by atoms with Gasteiger partial charge in [0.25, 0.3) is 0 Å². The SMILES string of the molecule is COc1cccc(N(CC(=O)Nc2ccc(N3CCCC3=O)cc2)S(C)(=O)=O)c1. The van der Waals surface area contributed by atoms with E-state index in [1.165, 1.54) is 7.11 Å². The molecular weight excluding hydrogens is 394 g/mol. The van der Waals surface area contributed by atoms with Crippen molar-refractivity contribution in [1.82, 2.24) is 0 Å². The van der Waals surface area contributed by atoms with Gasteiger partial charge in [-0.1, -0.05) is 6.07 Å². The van der Waals surface area contributed by atoms with Gasteiger partial charge in [-0.3, -0.25) is 13.9 Å². The third kappa shape index (κ3) is 5.05. The summed E-state index contributed by atoms with van der Waals surface area (Å²) in [4.78, 5) is 26.0. The Labute approximate surface area is 170 Å². The predicted octanol–water partition coefficient (Wildman–Crippen LogP) is 2.23. The highest BCUT2D eigenvalue weighted by Gasteiger charge is 2.23. The number of rotatable bonds is 7. The van der Waals surface area contributed by atoms with Crippen LogP contribution in [0.15, 0.2) is 48.5 Å². The van der Waals surface area contributed by atoms with Crippen LogP contribution >= 0.6 is 0 Å². The Bertz CT molecular complexity index is 1010. The Morgan fingerprint density at radius 2 is 1.93 bits per heavy atom. The van der Waals surface area contributed by atoms with Gasteiger partial charge < -0.3 is 15.0 Å². The first kappa shape index (κ1) is 20.7. The summed E-state index contributed by atoms with van der Waals surface area (Å²) in [6.45, 7) is 0.312. The number of methoxy groups -OCH3 is 1. The maximum atomic E-state index is 12.5. The summed E-state index contributed by atoms with van der Waals surface area (Å²) in [6, 6.07) is 13.4. The van der Waals surface area contributed by atoms with Gasteiger partial charge in [0.05, 0.1) is 19.1 Å². The van der Waals surface area contributed by atoms with E-state index >= 15 is 0 Å². The van der Waals surface area contributed by atoms with Crippen LogP contribution < -0.4 is 19.3 Å². The Morgan fingerprint density at radius 3 is 2.52 bits per heavy atom. The monoisotopic (exact) mass is 417 g/mol. The van der Waals surface area contributed by atoms with Gasteiger partial charge in [-0.15, -0.1) is 0 Å². The van der Waals surface area contributed by atoms with Crippen molar-refractivity contribution in [3.63, 3.8) is 0 Å². The van der Waals surface area contributed by atoms with Gasteiger partial charge in [0.1, 0.15) is 12.3 Å². The smallest absolute Gasteiger partial charge is 0.245 e. The molecule has 8 nitrogen and oxygen atoms in total. The number of carbonyl (C=O) groups is 2. The molecule has 3 rings (SSSR count). The van der Waals surface area contributed by atoms with Gasteiger partial charge in [0.15, 0.2) is 0 Å². The number of benzene rings is 2. The van der Waals surface area contributed by atoms with Crippen LogP contribution in [0.25, 0.3) is 0 Å². The highest BCUT2D eigenvalue weighted by Crippen LogP contribution is 2.24. The zero-order valence-corrected chi connectivity index (χ0v) is 17.1. The normalized spacial score (nSPS) is 14.0. The third-order valence-electron chi connectivity index (χ3n) is 4.57. The van der Waals surface area contributed by atoms with E-state index in [0.717, 1.165) is 22.7 Å². The van der Waals surface area contributed by atoms with Crippen molar-refractivity contribution in [1.29, 1.82) is 0 Å². The van der Waals surface area contributed by atoms with Crippen molar-refractivity contribution in [2.24, 2.45) is 0 Å². The first-order valence-electron chi connectivity index (χ1n) is 9.10. The molecule has 2 aromatic rings. The molecule has 154 valence electrons. The van der Waals surface area contributed by atoms with Crippen LogP contribution in [-0.2, 0) is 19.6 Å². The van der Waals surface area contributed by atoms with Crippen LogP contribution in [0, 0.1) is 0 Å². The molecule has 9 heteroatoms. The highest BCUT2D eigenvalue weighted by atomic mass is 32.2. The second-order valence-electron chi connectivity index (χ2n) is 6.72. The van der Waals surface area contributed by atoms with Crippen LogP contribution in [0.4, 0.5) is 17.1 Å². The maximum Gasteiger partial charge on any atom is 0.245 e. The second-order valence-corrected chi connectivity index (χ2v) is 8.62. The van der Waals surface area contributed by atoms with Gasteiger partial charge >= 0.3 is 0 Å². The molecule has 0 bridgehead atoms. The fraction of sp³-hybridized carbons (Fsp3) is 0.300. The molecule has 0 saturated carbocycles. The van der Waals surface area contributed by atoms with Gasteiger partial charge in [-0.25, -0.2) is 8.42 Å². The van der Waals surface area contributed by atoms with Gasteiger partial charge in [-0.05, 0) is 42.8 Å². The summed E-state index contributed by atoms with van der Waals surface area (Å²) >= 11 is 0. The number of ether oxygens (including phenoxy) is 1. The van der Waals surface area contributed by atoms with Crippen LogP contribution in [0.1, 0.15) is 12.8 Å². The summed E-state index contributed by atoms with van der Waals surface area (Å²) in [5.74, 6) is 0.0933. The van der Waals surface area contributed by atoms with E-state index in [2.05, 4.69) is 5.32 Å². The summed E-state index contributed by atoms with van der Waals surface area (Å²) in [6.07, 6.45) is 2.43. The molecular formula is C20H23N3O5S. The van der Waals surface area contributed by atoms with Crippen LogP contribution in [-0.4, -0.2) is 46.7 Å². The molecule has 29 heavy (non-hydrogen) atoms. The molecule has 1 aliphatic rings. The van der Waals surface area contributed by atoms with Crippen molar-refractivity contribution in [2.45, 2.75) is 12.8 Å². The molecule has 1 saturated heterocycles. The maximum absolute atomic E-state index is 12.5. The Balaban J connectivity index is 1.71. The molecule has 2 aromatic carbocycles. The van der Waals surface area contributed by atoms with Crippen molar-refractivity contribution in [3.05, 3.63) is 48.5 Å². The van der Waals surface area contributed by atoms with Gasteiger partial charge in [0, 0.05) is 30.4 Å². The fourth-order valence-corrected chi connectivity index (χ4v) is 3.99. The van der Waals surface area contributed by atoms with Crippen LogP contribution in [0.2, 0.25) is 0 Å². The topological polar surface area (TPSA) is 96.0 Å². The first-order valence-corrected chi connectivity index (χ1v) is 10.9. The van der Waals surface area contributed by atoms with Crippen molar-refractivity contribution in [3.8, 4) is 5.75 Å². The molecule has 0 spiro atoms. The lowest BCUT2D eigenvalue weighted by atomic mass is 10.2. The highest BCUT2D eigenvalue weighted by molar-refractivity contribution is 7.92. The molecule has 0 aromatic heterocycles. The minimum Gasteiger partial charge on any atom is -0.497 e. The average Bonchev–Trinajstić information content (AvgIpc) is 3.12. The van der Waals surface area contributed by atoms with E-state index in [1.54, 1.807) is 53.4 Å². The molecule has 1 N–H and O–H groups in total. The van der Waals surface area contributed by atoms with E-state index < -0.39 is 15.9 Å². The fourth-order valence-electron chi connectivity index (χ4n) is 3.14. The lowest BCUT2D eigenvalue weighted by Gasteiger charge is -2.22. The van der Waals surface area contributed by atoms with Gasteiger partial charge in [-0.2, -0.15) is 0 Å². The Kier molecular flexibility index (Phi) is 6.07. The zero-order chi connectivity index (χ0) is 21.0. The lowest BCUT2D eigenvalue weighted by Crippen LogP contribution is -2.37. The standard InChI is InChI=1S/C20H23N3O5S/c1-28-18-6-3-5-17(13-18)23(29(2,26)27)14-19(24)21-15-8-10-16(11-9-15)22-12-4-7-20(22)25/h3,5-6,8-11,13H,4,7,12,14H2,1-2H3,(H,21,24). The third-order valence-corrected chi connectivity index (χ3v) is 5.71. The van der Waals surface area contributed by atoms with Crippen LogP contribution in [0.3, 0.4) is 0 Å². The summed E-state index contributed by atoms with van der Waals surface area (Å²) in [5, 5.41) is 2.69. The quantitative estimate of drug-likeness (QED) is 0.745. The van der Waals surface area contributed by atoms with Crippen molar-refractivity contribution >= 4 is 38.9 Å². The number of carbonyl (C=O) groups excluding carboxylic acids is 2. The minimum absolute atomic E-state index is 0.0869. The Morgan fingerprint density at radius 1 is 1.21 bits per heavy atom. The predicted molar refractivity (Wildman–Crippen MR) is 112 cm³/mol. The molecule has 0 radical (unpaired) electrons. The number of anilines is 3. The molecule has 1 fully saturated rings. The van der Waals surface area contributed by atoms with Crippen molar-refractivity contribution < 1.29 is 22.7 Å². The number of nitrogens with zero attached hydrogens (tertiary/aromatic N) is 2. The van der Waals surface area contributed by atoms with Crippen molar-refractivity contribution in [2.75, 3.05) is 41.0 Å². The van der Waals surface area contributed by atoms with E-state index in [-0.39, 0.29) is 12.5 Å². The summed E-state index contributed by atoms with van der Waals surface area (Å²) in [7, 11) is -2.20. The summed E-state index contributed by atoms with van der Waals surface area (Å²) in [5.41, 5.74) is 1.63. The van der Waals surface area contributed by atoms with Crippen LogP contribution in [0.5, 0.6) is 5.75 Å². The lowest BCUT2D eigenvalue weighted by molar-refractivity contribution is -0.117. The minimum atomic E-state index is -3.68. The first-order chi connectivity index (χ1) is 13.8. The number of sulfonamides is 1. The molecule has 2 amide bonds. The average molecular weight is 417 g/mol. The number of hydrogen-bond donors (Lipinski definition) is 1. The van der Waals surface area contributed by atoms with E-state index in [0.29, 0.717) is 30.1 Å².